The third kappa shape index (κ3) is 6.10. The number of hydrogen-bond acceptors (Lipinski definition) is 3. The van der Waals surface area contributed by atoms with Crippen molar-refractivity contribution in [1.82, 2.24) is 5.32 Å². The van der Waals surface area contributed by atoms with E-state index in [9.17, 15) is 14.0 Å². The lowest BCUT2D eigenvalue weighted by atomic mass is 10.1. The summed E-state index contributed by atoms with van der Waals surface area (Å²) in [4.78, 5) is 23.2. The Bertz CT molecular complexity index is 418. The summed E-state index contributed by atoms with van der Waals surface area (Å²) in [5.74, 6) is -0.682. The second kappa shape index (κ2) is 8.37. The van der Waals surface area contributed by atoms with Crippen LogP contribution in [-0.2, 0) is 4.79 Å². The van der Waals surface area contributed by atoms with Crippen molar-refractivity contribution in [3.63, 3.8) is 0 Å². The van der Waals surface area contributed by atoms with Crippen LogP contribution in [-0.4, -0.2) is 24.8 Å². The van der Waals surface area contributed by atoms with E-state index in [1.807, 2.05) is 0 Å². The summed E-state index contributed by atoms with van der Waals surface area (Å²) in [7, 11) is 0. The van der Waals surface area contributed by atoms with Gasteiger partial charge in [0.15, 0.2) is 5.78 Å². The summed E-state index contributed by atoms with van der Waals surface area (Å²) in [5.41, 5.74) is 5.76. The van der Waals surface area contributed by atoms with E-state index in [0.717, 1.165) is 12.8 Å². The van der Waals surface area contributed by atoms with Gasteiger partial charge in [0.05, 0.1) is 0 Å². The van der Waals surface area contributed by atoms with Gasteiger partial charge in [0.2, 0.25) is 5.91 Å². The fourth-order valence-corrected chi connectivity index (χ4v) is 1.59. The quantitative estimate of drug-likeness (QED) is 0.555. The van der Waals surface area contributed by atoms with Gasteiger partial charge in [0, 0.05) is 24.9 Å². The van der Waals surface area contributed by atoms with Crippen molar-refractivity contribution in [3.8, 4) is 0 Å². The Hall–Kier alpha value is -1.75. The maximum absolute atomic E-state index is 12.7. The summed E-state index contributed by atoms with van der Waals surface area (Å²) in [6, 6.07) is 5.33. The lowest BCUT2D eigenvalue weighted by Gasteiger charge is -2.04. The number of nitrogens with one attached hydrogen (secondary N) is 1. The highest BCUT2D eigenvalue weighted by atomic mass is 19.1. The van der Waals surface area contributed by atoms with Crippen molar-refractivity contribution in [3.05, 3.63) is 35.6 Å². The molecular weight excluding hydrogens is 247 g/mol. The molecular formula is C14H19FN2O2. The van der Waals surface area contributed by atoms with Gasteiger partial charge in [-0.25, -0.2) is 4.39 Å². The van der Waals surface area contributed by atoms with E-state index in [-0.39, 0.29) is 30.3 Å². The first-order valence-electron chi connectivity index (χ1n) is 6.39. The summed E-state index contributed by atoms with van der Waals surface area (Å²) in [5, 5.41) is 2.73. The molecule has 1 rings (SSSR count). The molecule has 104 valence electrons. The molecule has 0 atom stereocenters. The van der Waals surface area contributed by atoms with Crippen LogP contribution in [0.2, 0.25) is 0 Å². The standard InChI is InChI=1S/C14H19FN2O2/c15-12-5-3-11(4-6-12)13(18)7-8-14(19)17-10-2-1-9-16/h3-6H,1-2,7-10,16H2,(H,17,19). The Kier molecular flexibility index (Phi) is 6.74. The predicted molar refractivity (Wildman–Crippen MR) is 71.3 cm³/mol. The number of carbonyl (C=O) groups is 2. The van der Waals surface area contributed by atoms with Crippen LogP contribution in [0.25, 0.3) is 0 Å². The van der Waals surface area contributed by atoms with E-state index in [2.05, 4.69) is 5.32 Å². The van der Waals surface area contributed by atoms with Crippen molar-refractivity contribution in [2.24, 2.45) is 5.73 Å². The van der Waals surface area contributed by atoms with Gasteiger partial charge in [-0.1, -0.05) is 0 Å². The molecule has 19 heavy (non-hydrogen) atoms. The highest BCUT2D eigenvalue weighted by Crippen LogP contribution is 2.07. The van der Waals surface area contributed by atoms with Gasteiger partial charge in [-0.2, -0.15) is 0 Å². The second-order valence-corrected chi connectivity index (χ2v) is 4.28. The molecule has 0 aliphatic carbocycles. The maximum Gasteiger partial charge on any atom is 0.220 e. The van der Waals surface area contributed by atoms with Crippen LogP contribution in [0.15, 0.2) is 24.3 Å². The first-order chi connectivity index (χ1) is 9.13. The molecule has 0 unspecified atom stereocenters. The molecule has 0 saturated heterocycles. The van der Waals surface area contributed by atoms with Crippen LogP contribution in [0.4, 0.5) is 4.39 Å². The summed E-state index contributed by atoms with van der Waals surface area (Å²) in [6.45, 7) is 1.19. The molecule has 1 aromatic carbocycles. The number of halogens is 1. The number of hydrogen-bond donors (Lipinski definition) is 2. The molecule has 5 heteroatoms. The fourth-order valence-electron chi connectivity index (χ4n) is 1.59. The van der Waals surface area contributed by atoms with Gasteiger partial charge in [0.25, 0.3) is 0 Å². The Morgan fingerprint density at radius 1 is 1.11 bits per heavy atom. The normalized spacial score (nSPS) is 10.2. The summed E-state index contributed by atoms with van der Waals surface area (Å²) >= 11 is 0. The second-order valence-electron chi connectivity index (χ2n) is 4.28. The fraction of sp³-hybridized carbons (Fsp3) is 0.429. The van der Waals surface area contributed by atoms with Gasteiger partial charge < -0.3 is 11.1 Å². The molecule has 0 aliphatic rings. The number of amides is 1. The number of Topliss-reactive ketones (excluding diaryl/α,β-unsaturated/α-hetero) is 1. The highest BCUT2D eigenvalue weighted by Gasteiger charge is 2.09. The first kappa shape index (κ1) is 15.3. The van der Waals surface area contributed by atoms with Crippen molar-refractivity contribution in [1.29, 1.82) is 0 Å². The van der Waals surface area contributed by atoms with Gasteiger partial charge in [0.1, 0.15) is 5.82 Å². The third-order valence-electron chi connectivity index (χ3n) is 2.70. The predicted octanol–water partition coefficient (Wildman–Crippen LogP) is 1.64. The number of benzene rings is 1. The number of ketones is 1. The summed E-state index contributed by atoms with van der Waals surface area (Å²) < 4.78 is 12.7. The highest BCUT2D eigenvalue weighted by molar-refractivity contribution is 5.97. The smallest absolute Gasteiger partial charge is 0.220 e. The van der Waals surface area contributed by atoms with Crippen molar-refractivity contribution in [2.75, 3.05) is 13.1 Å². The Labute approximate surface area is 112 Å². The van der Waals surface area contributed by atoms with Crippen LogP contribution in [0.1, 0.15) is 36.0 Å². The Morgan fingerprint density at radius 3 is 2.42 bits per heavy atom. The SMILES string of the molecule is NCCCCNC(=O)CCC(=O)c1ccc(F)cc1. The third-order valence-corrected chi connectivity index (χ3v) is 2.70. The molecule has 0 spiro atoms. The van der Waals surface area contributed by atoms with Crippen molar-refractivity contribution < 1.29 is 14.0 Å². The van der Waals surface area contributed by atoms with E-state index in [1.54, 1.807) is 0 Å². The number of unbranched alkanes of at least 4 members (excludes halogenated alkanes) is 1. The van der Waals surface area contributed by atoms with Crippen LogP contribution >= 0.6 is 0 Å². The first-order valence-corrected chi connectivity index (χ1v) is 6.39. The zero-order valence-electron chi connectivity index (χ0n) is 10.8. The van der Waals surface area contributed by atoms with Gasteiger partial charge in [-0.15, -0.1) is 0 Å². The minimum absolute atomic E-state index is 0.133. The van der Waals surface area contributed by atoms with Crippen LogP contribution < -0.4 is 11.1 Å². The minimum Gasteiger partial charge on any atom is -0.356 e. The van der Waals surface area contributed by atoms with E-state index in [0.29, 0.717) is 18.7 Å². The zero-order chi connectivity index (χ0) is 14.1. The van der Waals surface area contributed by atoms with Gasteiger partial charge in [-0.3, -0.25) is 9.59 Å². The Morgan fingerprint density at radius 2 is 1.79 bits per heavy atom. The molecule has 0 bridgehead atoms. The van der Waals surface area contributed by atoms with Crippen LogP contribution in [0, 0.1) is 5.82 Å². The molecule has 1 aromatic rings. The lowest BCUT2D eigenvalue weighted by molar-refractivity contribution is -0.121. The molecule has 0 aliphatic heterocycles. The number of carbonyl (C=O) groups excluding carboxylic acids is 2. The van der Waals surface area contributed by atoms with Gasteiger partial charge >= 0.3 is 0 Å². The minimum atomic E-state index is -0.380. The van der Waals surface area contributed by atoms with E-state index < -0.39 is 0 Å². The van der Waals surface area contributed by atoms with E-state index in [4.69, 9.17) is 5.73 Å². The molecule has 0 fully saturated rings. The van der Waals surface area contributed by atoms with Crippen LogP contribution in [0.5, 0.6) is 0 Å². The molecule has 0 aromatic heterocycles. The van der Waals surface area contributed by atoms with Crippen molar-refractivity contribution >= 4 is 11.7 Å². The van der Waals surface area contributed by atoms with E-state index in [1.165, 1.54) is 24.3 Å². The molecule has 0 heterocycles. The molecule has 0 radical (unpaired) electrons. The monoisotopic (exact) mass is 266 g/mol. The average molecular weight is 266 g/mol. The summed E-state index contributed by atoms with van der Waals surface area (Å²) in [6.07, 6.45) is 2.00. The number of nitrogens with two attached hydrogens (primary N) is 1. The van der Waals surface area contributed by atoms with Crippen molar-refractivity contribution in [2.45, 2.75) is 25.7 Å². The number of rotatable bonds is 8. The average Bonchev–Trinajstić information content (AvgIpc) is 2.42. The molecule has 3 N–H and O–H groups in total. The Balaban J connectivity index is 2.26. The lowest BCUT2D eigenvalue weighted by Crippen LogP contribution is -2.25. The van der Waals surface area contributed by atoms with E-state index >= 15 is 0 Å². The van der Waals surface area contributed by atoms with Crippen LogP contribution in [0.3, 0.4) is 0 Å². The topological polar surface area (TPSA) is 72.2 Å². The van der Waals surface area contributed by atoms with Gasteiger partial charge in [-0.05, 0) is 43.7 Å². The maximum atomic E-state index is 12.7. The molecule has 1 amide bonds. The largest absolute Gasteiger partial charge is 0.356 e. The molecule has 0 saturated carbocycles. The molecule has 4 nitrogen and oxygen atoms in total. The zero-order valence-corrected chi connectivity index (χ0v) is 10.8.